The Kier molecular flexibility index (Phi) is 4.43. The number of nitrogens with zero attached hydrogens (tertiary/aromatic N) is 1. The van der Waals surface area contributed by atoms with E-state index in [-0.39, 0.29) is 23.3 Å². The van der Waals surface area contributed by atoms with E-state index in [1.165, 1.54) is 11.0 Å². The minimum atomic E-state index is -3.73. The lowest BCUT2D eigenvalue weighted by molar-refractivity contribution is -0.117. The second kappa shape index (κ2) is 6.40. The molecule has 0 spiro atoms. The molecule has 1 N–H and O–H groups in total. The van der Waals surface area contributed by atoms with Crippen LogP contribution in [-0.2, 0) is 21.2 Å². The van der Waals surface area contributed by atoms with Crippen LogP contribution in [0.4, 0.5) is 11.4 Å². The van der Waals surface area contributed by atoms with Gasteiger partial charge in [0.1, 0.15) is 5.75 Å². The molecule has 0 fully saturated rings. The van der Waals surface area contributed by atoms with E-state index in [9.17, 15) is 13.2 Å². The number of rotatable bonds is 5. The van der Waals surface area contributed by atoms with Crippen LogP contribution in [0.2, 0.25) is 0 Å². The normalized spacial score (nSPS) is 13.9. The van der Waals surface area contributed by atoms with Crippen molar-refractivity contribution >= 4 is 27.3 Å². The van der Waals surface area contributed by atoms with E-state index in [1.54, 1.807) is 43.4 Å². The van der Waals surface area contributed by atoms with E-state index < -0.39 is 10.0 Å². The number of hydrogen-bond donors (Lipinski definition) is 1. The molecule has 132 valence electrons. The van der Waals surface area contributed by atoms with Crippen molar-refractivity contribution in [1.82, 2.24) is 0 Å². The van der Waals surface area contributed by atoms with Gasteiger partial charge in [-0.1, -0.05) is 0 Å². The summed E-state index contributed by atoms with van der Waals surface area (Å²) in [5.74, 6) is 0.635. The van der Waals surface area contributed by atoms with Gasteiger partial charge in [0.05, 0.1) is 17.4 Å². The van der Waals surface area contributed by atoms with Crippen molar-refractivity contribution in [2.45, 2.75) is 31.3 Å². The maximum Gasteiger partial charge on any atom is 0.261 e. The molecule has 7 heteroatoms. The molecule has 1 amide bonds. The van der Waals surface area contributed by atoms with E-state index in [2.05, 4.69) is 4.72 Å². The Balaban J connectivity index is 1.81. The monoisotopic (exact) mass is 360 g/mol. The zero-order chi connectivity index (χ0) is 18.2. The number of fused-ring (bicyclic) bond motifs is 1. The average Bonchev–Trinajstić information content (AvgIpc) is 2.83. The van der Waals surface area contributed by atoms with Crippen LogP contribution >= 0.6 is 0 Å². The maximum atomic E-state index is 12.6. The quantitative estimate of drug-likeness (QED) is 0.890. The van der Waals surface area contributed by atoms with Gasteiger partial charge in [-0.25, -0.2) is 8.42 Å². The third-order valence-corrected chi connectivity index (χ3v) is 5.30. The summed E-state index contributed by atoms with van der Waals surface area (Å²) in [6, 6.07) is 11.5. The predicted molar refractivity (Wildman–Crippen MR) is 96.6 cm³/mol. The molecule has 0 bridgehead atoms. The highest BCUT2D eigenvalue weighted by atomic mass is 32.2. The van der Waals surface area contributed by atoms with E-state index in [1.807, 2.05) is 13.8 Å². The van der Waals surface area contributed by atoms with E-state index in [4.69, 9.17) is 4.74 Å². The van der Waals surface area contributed by atoms with Gasteiger partial charge in [0.15, 0.2) is 0 Å². The molecular formula is C18H20N2O4S. The summed E-state index contributed by atoms with van der Waals surface area (Å²) < 4.78 is 33.3. The fraction of sp³-hybridized carbons (Fsp3) is 0.278. The van der Waals surface area contributed by atoms with Crippen molar-refractivity contribution in [1.29, 1.82) is 0 Å². The first-order valence-corrected chi connectivity index (χ1v) is 9.43. The molecule has 1 aliphatic rings. The fourth-order valence-electron chi connectivity index (χ4n) is 2.70. The number of nitrogens with one attached hydrogen (secondary N) is 1. The van der Waals surface area contributed by atoms with Crippen molar-refractivity contribution in [3.05, 3.63) is 48.0 Å². The molecule has 1 aliphatic heterocycles. The number of carbonyl (C=O) groups is 1. The van der Waals surface area contributed by atoms with Crippen LogP contribution in [-0.4, -0.2) is 27.5 Å². The molecule has 0 aromatic heterocycles. The van der Waals surface area contributed by atoms with E-state index >= 15 is 0 Å². The number of ether oxygens (including phenoxy) is 1. The highest BCUT2D eigenvalue weighted by Gasteiger charge is 2.26. The lowest BCUT2D eigenvalue weighted by Crippen LogP contribution is -2.20. The van der Waals surface area contributed by atoms with Crippen molar-refractivity contribution in [3.63, 3.8) is 0 Å². The molecule has 0 radical (unpaired) electrons. The zero-order valence-corrected chi connectivity index (χ0v) is 15.1. The summed E-state index contributed by atoms with van der Waals surface area (Å²) >= 11 is 0. The first-order chi connectivity index (χ1) is 11.8. The fourth-order valence-corrected chi connectivity index (χ4v) is 3.81. The zero-order valence-electron chi connectivity index (χ0n) is 14.3. The summed E-state index contributed by atoms with van der Waals surface area (Å²) in [6.07, 6.45) is 0.269. The van der Waals surface area contributed by atoms with E-state index in [0.717, 1.165) is 11.3 Å². The Morgan fingerprint density at radius 2 is 1.80 bits per heavy atom. The van der Waals surface area contributed by atoms with Crippen LogP contribution in [0.15, 0.2) is 47.4 Å². The Morgan fingerprint density at radius 3 is 2.44 bits per heavy atom. The van der Waals surface area contributed by atoms with Gasteiger partial charge in [0.25, 0.3) is 10.0 Å². The number of sulfonamides is 1. The Labute approximate surface area is 147 Å². The van der Waals surface area contributed by atoms with Gasteiger partial charge in [0.2, 0.25) is 5.91 Å². The first kappa shape index (κ1) is 17.3. The van der Waals surface area contributed by atoms with Crippen LogP contribution in [0.3, 0.4) is 0 Å². The summed E-state index contributed by atoms with van der Waals surface area (Å²) in [4.78, 5) is 13.4. The average molecular weight is 360 g/mol. The highest BCUT2D eigenvalue weighted by Crippen LogP contribution is 2.30. The predicted octanol–water partition coefficient (Wildman–Crippen LogP) is 2.79. The van der Waals surface area contributed by atoms with Gasteiger partial charge in [-0.2, -0.15) is 0 Å². The second-order valence-electron chi connectivity index (χ2n) is 6.22. The number of anilines is 2. The van der Waals surface area contributed by atoms with Crippen LogP contribution in [0.1, 0.15) is 19.4 Å². The lowest BCUT2D eigenvalue weighted by Gasteiger charge is -2.13. The second-order valence-corrected chi connectivity index (χ2v) is 7.90. The van der Waals surface area contributed by atoms with Gasteiger partial charge in [-0.05, 0) is 61.9 Å². The minimum Gasteiger partial charge on any atom is -0.491 e. The number of likely N-dealkylation sites (N-methyl/N-ethyl adjacent to an activating group) is 1. The van der Waals surface area contributed by atoms with Crippen LogP contribution in [0.5, 0.6) is 5.75 Å². The molecule has 2 aromatic carbocycles. The smallest absolute Gasteiger partial charge is 0.261 e. The summed E-state index contributed by atoms with van der Waals surface area (Å²) in [7, 11) is -2.04. The molecule has 0 unspecified atom stereocenters. The molecular weight excluding hydrogens is 340 g/mol. The van der Waals surface area contributed by atoms with Crippen molar-refractivity contribution in [2.75, 3.05) is 16.7 Å². The van der Waals surface area contributed by atoms with Crippen molar-refractivity contribution < 1.29 is 17.9 Å². The van der Waals surface area contributed by atoms with Crippen LogP contribution in [0, 0.1) is 0 Å². The van der Waals surface area contributed by atoms with E-state index in [0.29, 0.717) is 11.4 Å². The SMILES string of the molecule is CC(C)Oc1ccc(NS(=O)(=O)c2ccc3c(c2)CC(=O)N3C)cc1. The molecule has 0 aliphatic carbocycles. The highest BCUT2D eigenvalue weighted by molar-refractivity contribution is 7.92. The largest absolute Gasteiger partial charge is 0.491 e. The molecule has 1 heterocycles. The molecule has 2 aromatic rings. The number of hydrogen-bond acceptors (Lipinski definition) is 4. The number of carbonyl (C=O) groups excluding carboxylic acids is 1. The molecule has 0 saturated carbocycles. The van der Waals surface area contributed by atoms with Crippen LogP contribution in [0.25, 0.3) is 0 Å². The summed E-state index contributed by atoms with van der Waals surface area (Å²) in [5, 5.41) is 0. The molecule has 3 rings (SSSR count). The standard InChI is InChI=1S/C18H20N2O4S/c1-12(2)24-15-6-4-14(5-7-15)19-25(22,23)16-8-9-17-13(10-16)11-18(21)20(17)3/h4-10,12,19H,11H2,1-3H3. The number of amides is 1. The molecule has 6 nitrogen and oxygen atoms in total. The van der Waals surface area contributed by atoms with Gasteiger partial charge in [0, 0.05) is 18.4 Å². The van der Waals surface area contributed by atoms with Crippen LogP contribution < -0.4 is 14.4 Å². The summed E-state index contributed by atoms with van der Waals surface area (Å²) in [5.41, 5.74) is 1.92. The van der Waals surface area contributed by atoms with Crippen molar-refractivity contribution in [3.8, 4) is 5.75 Å². The van der Waals surface area contributed by atoms with Gasteiger partial charge >= 0.3 is 0 Å². The molecule has 0 saturated heterocycles. The van der Waals surface area contributed by atoms with Crippen molar-refractivity contribution in [2.24, 2.45) is 0 Å². The third kappa shape index (κ3) is 3.61. The topological polar surface area (TPSA) is 75.7 Å². The first-order valence-electron chi connectivity index (χ1n) is 7.95. The minimum absolute atomic E-state index is 0.0433. The van der Waals surface area contributed by atoms with Gasteiger partial charge < -0.3 is 9.64 Å². The Morgan fingerprint density at radius 1 is 1.12 bits per heavy atom. The lowest BCUT2D eigenvalue weighted by atomic mass is 10.2. The maximum absolute atomic E-state index is 12.6. The molecule has 0 atom stereocenters. The Bertz CT molecular complexity index is 905. The number of benzene rings is 2. The Hall–Kier alpha value is -2.54. The molecule has 25 heavy (non-hydrogen) atoms. The third-order valence-electron chi connectivity index (χ3n) is 3.92. The van der Waals surface area contributed by atoms with Gasteiger partial charge in [-0.3, -0.25) is 9.52 Å². The van der Waals surface area contributed by atoms with Gasteiger partial charge in [-0.15, -0.1) is 0 Å². The summed E-state index contributed by atoms with van der Waals surface area (Å²) in [6.45, 7) is 3.85.